The maximum Gasteiger partial charge on any atom is 0.224 e. The molecule has 0 radical (unpaired) electrons. The Kier molecular flexibility index (Phi) is 5.84. The standard InChI is InChI=1S/C23H25N3OS/c1-16(18-8-10-21-19(13-18)9-11-22(27)26-21)24-14-20-15-28-23(25-20)12-7-17-5-3-2-4-6-17/h2-6,8,10,13,15-16,24H,7,9,11-12,14H2,1H3,(H,26,27)/t16-/m0/s1. The summed E-state index contributed by atoms with van der Waals surface area (Å²) < 4.78 is 0. The van der Waals surface area contributed by atoms with Gasteiger partial charge in [-0.2, -0.15) is 0 Å². The summed E-state index contributed by atoms with van der Waals surface area (Å²) in [6, 6.07) is 17.1. The van der Waals surface area contributed by atoms with Crippen molar-refractivity contribution in [3.05, 3.63) is 81.3 Å². The number of rotatable bonds is 7. The molecule has 2 heterocycles. The van der Waals surface area contributed by atoms with Crippen LogP contribution in [0.4, 0.5) is 5.69 Å². The van der Waals surface area contributed by atoms with Gasteiger partial charge in [0.2, 0.25) is 5.91 Å². The predicted octanol–water partition coefficient (Wildman–Crippen LogP) is 4.66. The Morgan fingerprint density at radius 1 is 1.14 bits per heavy atom. The van der Waals surface area contributed by atoms with Gasteiger partial charge < -0.3 is 10.6 Å². The zero-order valence-corrected chi connectivity index (χ0v) is 16.9. The third-order valence-corrected chi connectivity index (χ3v) is 6.14. The first-order valence-corrected chi connectivity index (χ1v) is 10.7. The fourth-order valence-corrected chi connectivity index (χ4v) is 4.29. The van der Waals surface area contributed by atoms with Crippen LogP contribution in [0.25, 0.3) is 0 Å². The van der Waals surface area contributed by atoms with E-state index in [0.29, 0.717) is 6.42 Å². The monoisotopic (exact) mass is 391 g/mol. The van der Waals surface area contributed by atoms with Crippen molar-refractivity contribution in [1.29, 1.82) is 0 Å². The maximum atomic E-state index is 11.5. The Balaban J connectivity index is 1.31. The van der Waals surface area contributed by atoms with Crippen LogP contribution in [0.15, 0.2) is 53.9 Å². The summed E-state index contributed by atoms with van der Waals surface area (Å²) in [6.45, 7) is 2.93. The van der Waals surface area contributed by atoms with E-state index in [9.17, 15) is 4.79 Å². The van der Waals surface area contributed by atoms with Crippen molar-refractivity contribution in [2.45, 2.75) is 45.2 Å². The lowest BCUT2D eigenvalue weighted by Crippen LogP contribution is -2.21. The van der Waals surface area contributed by atoms with E-state index in [1.54, 1.807) is 11.3 Å². The van der Waals surface area contributed by atoms with Crippen LogP contribution in [0.2, 0.25) is 0 Å². The molecule has 144 valence electrons. The number of fused-ring (bicyclic) bond motifs is 1. The molecule has 1 aliphatic rings. The van der Waals surface area contributed by atoms with E-state index in [2.05, 4.69) is 65.4 Å². The first-order chi connectivity index (χ1) is 13.7. The zero-order chi connectivity index (χ0) is 19.3. The summed E-state index contributed by atoms with van der Waals surface area (Å²) in [5.74, 6) is 0.109. The van der Waals surface area contributed by atoms with Gasteiger partial charge in [0, 0.05) is 36.5 Å². The number of nitrogens with zero attached hydrogens (tertiary/aromatic N) is 1. The minimum atomic E-state index is 0.109. The van der Waals surface area contributed by atoms with Crippen molar-refractivity contribution in [1.82, 2.24) is 10.3 Å². The summed E-state index contributed by atoms with van der Waals surface area (Å²) in [5.41, 5.74) is 5.88. The fourth-order valence-electron chi connectivity index (χ4n) is 3.49. The second kappa shape index (κ2) is 8.67. The Labute approximate surface area is 170 Å². The van der Waals surface area contributed by atoms with E-state index in [0.717, 1.165) is 37.2 Å². The summed E-state index contributed by atoms with van der Waals surface area (Å²) >= 11 is 1.74. The topological polar surface area (TPSA) is 54.0 Å². The number of nitrogens with one attached hydrogen (secondary N) is 2. The fraction of sp³-hybridized carbons (Fsp3) is 0.304. The van der Waals surface area contributed by atoms with Gasteiger partial charge in [0.05, 0.1) is 10.7 Å². The van der Waals surface area contributed by atoms with Gasteiger partial charge in [0.1, 0.15) is 0 Å². The van der Waals surface area contributed by atoms with Crippen molar-refractivity contribution in [2.75, 3.05) is 5.32 Å². The molecule has 1 aliphatic heterocycles. The molecule has 1 aromatic heterocycles. The van der Waals surface area contributed by atoms with Crippen molar-refractivity contribution in [2.24, 2.45) is 0 Å². The van der Waals surface area contributed by atoms with Crippen LogP contribution in [-0.2, 0) is 30.6 Å². The number of amides is 1. The maximum absolute atomic E-state index is 11.5. The highest BCUT2D eigenvalue weighted by Gasteiger charge is 2.16. The van der Waals surface area contributed by atoms with E-state index in [1.165, 1.54) is 21.7 Å². The number of thiazole rings is 1. The zero-order valence-electron chi connectivity index (χ0n) is 16.1. The summed E-state index contributed by atoms with van der Waals surface area (Å²) in [4.78, 5) is 16.3. The molecule has 1 atom stereocenters. The largest absolute Gasteiger partial charge is 0.326 e. The molecule has 0 unspecified atom stereocenters. The molecule has 0 aliphatic carbocycles. The molecule has 1 amide bonds. The minimum absolute atomic E-state index is 0.109. The first kappa shape index (κ1) is 18.8. The predicted molar refractivity (Wildman–Crippen MR) is 115 cm³/mol. The van der Waals surface area contributed by atoms with Crippen LogP contribution in [0.1, 0.15) is 46.8 Å². The number of carbonyl (C=O) groups is 1. The number of hydrogen-bond acceptors (Lipinski definition) is 4. The van der Waals surface area contributed by atoms with Gasteiger partial charge in [-0.3, -0.25) is 4.79 Å². The van der Waals surface area contributed by atoms with Gasteiger partial charge in [-0.05, 0) is 42.5 Å². The Morgan fingerprint density at radius 2 is 2.00 bits per heavy atom. The summed E-state index contributed by atoms with van der Waals surface area (Å²) in [6.07, 6.45) is 3.41. The van der Waals surface area contributed by atoms with Gasteiger partial charge in [-0.1, -0.05) is 42.5 Å². The third kappa shape index (κ3) is 4.66. The Hall–Kier alpha value is -2.50. The molecule has 28 heavy (non-hydrogen) atoms. The van der Waals surface area contributed by atoms with Crippen LogP contribution in [0.5, 0.6) is 0 Å². The van der Waals surface area contributed by atoms with Gasteiger partial charge in [0.25, 0.3) is 0 Å². The molecule has 2 N–H and O–H groups in total. The second-order valence-corrected chi connectivity index (χ2v) is 8.23. The molecule has 4 rings (SSSR count). The molecule has 4 nitrogen and oxygen atoms in total. The number of aromatic nitrogens is 1. The Bertz CT molecular complexity index is 951. The minimum Gasteiger partial charge on any atom is -0.326 e. The van der Waals surface area contributed by atoms with Crippen LogP contribution in [0, 0.1) is 0 Å². The first-order valence-electron chi connectivity index (χ1n) is 9.80. The van der Waals surface area contributed by atoms with Gasteiger partial charge in [-0.25, -0.2) is 4.98 Å². The highest BCUT2D eigenvalue weighted by Crippen LogP contribution is 2.26. The second-order valence-electron chi connectivity index (χ2n) is 7.29. The van der Waals surface area contributed by atoms with Crippen LogP contribution in [-0.4, -0.2) is 10.9 Å². The Morgan fingerprint density at radius 3 is 2.86 bits per heavy atom. The van der Waals surface area contributed by atoms with Gasteiger partial charge in [-0.15, -0.1) is 11.3 Å². The normalized spacial score (nSPS) is 14.4. The van der Waals surface area contributed by atoms with E-state index < -0.39 is 0 Å². The van der Waals surface area contributed by atoms with Crippen molar-refractivity contribution < 1.29 is 4.79 Å². The highest BCUT2D eigenvalue weighted by molar-refractivity contribution is 7.09. The van der Waals surface area contributed by atoms with E-state index >= 15 is 0 Å². The van der Waals surface area contributed by atoms with Crippen LogP contribution in [0.3, 0.4) is 0 Å². The average molecular weight is 392 g/mol. The molecule has 0 bridgehead atoms. The molecule has 0 saturated heterocycles. The van der Waals surface area contributed by atoms with Crippen LogP contribution >= 0.6 is 11.3 Å². The lowest BCUT2D eigenvalue weighted by atomic mass is 9.98. The number of benzene rings is 2. The van der Waals surface area contributed by atoms with Crippen molar-refractivity contribution >= 4 is 22.9 Å². The van der Waals surface area contributed by atoms with Crippen molar-refractivity contribution in [3.8, 4) is 0 Å². The lowest BCUT2D eigenvalue weighted by molar-refractivity contribution is -0.116. The molecule has 2 aromatic carbocycles. The molecular formula is C23H25N3OS. The van der Waals surface area contributed by atoms with Crippen LogP contribution < -0.4 is 10.6 Å². The third-order valence-electron chi connectivity index (χ3n) is 5.18. The molecule has 5 heteroatoms. The molecule has 0 fully saturated rings. The number of anilines is 1. The summed E-state index contributed by atoms with van der Waals surface area (Å²) in [7, 11) is 0. The highest BCUT2D eigenvalue weighted by atomic mass is 32.1. The average Bonchev–Trinajstić information content (AvgIpc) is 3.19. The number of aryl methyl sites for hydroxylation is 3. The lowest BCUT2D eigenvalue weighted by Gasteiger charge is -2.20. The number of hydrogen-bond donors (Lipinski definition) is 2. The SMILES string of the molecule is C[C@H](NCc1csc(CCc2ccccc2)n1)c1ccc2c(c1)CCC(=O)N2. The molecular weight excluding hydrogens is 366 g/mol. The van der Waals surface area contributed by atoms with Gasteiger partial charge in [0.15, 0.2) is 0 Å². The molecule has 0 saturated carbocycles. The van der Waals surface area contributed by atoms with Crippen molar-refractivity contribution in [3.63, 3.8) is 0 Å². The van der Waals surface area contributed by atoms with Gasteiger partial charge >= 0.3 is 0 Å². The quantitative estimate of drug-likeness (QED) is 0.616. The smallest absolute Gasteiger partial charge is 0.224 e. The molecule has 3 aromatic rings. The van der Waals surface area contributed by atoms with E-state index in [-0.39, 0.29) is 11.9 Å². The summed E-state index contributed by atoms with van der Waals surface area (Å²) in [5, 5.41) is 9.86. The number of carbonyl (C=O) groups excluding carboxylic acids is 1. The molecule has 0 spiro atoms. The van der Waals surface area contributed by atoms with E-state index in [4.69, 9.17) is 4.98 Å². The van der Waals surface area contributed by atoms with E-state index in [1.807, 2.05) is 6.07 Å².